The van der Waals surface area contributed by atoms with Crippen LogP contribution in [0.5, 0.6) is 11.5 Å². The smallest absolute Gasteiger partial charge is 0.161 e. The predicted octanol–water partition coefficient (Wildman–Crippen LogP) is 2.56. The van der Waals surface area contributed by atoms with E-state index in [1.54, 1.807) is 7.11 Å². The Hall–Kier alpha value is -2.49. The Kier molecular flexibility index (Phi) is 4.03. The average molecular weight is 256 g/mol. The molecule has 0 radical (unpaired) electrons. The minimum atomic E-state index is 0.0410. The maximum Gasteiger partial charge on any atom is 0.161 e. The number of benzene rings is 2. The van der Waals surface area contributed by atoms with Gasteiger partial charge >= 0.3 is 0 Å². The van der Waals surface area contributed by atoms with Gasteiger partial charge in [-0.2, -0.15) is 0 Å². The Morgan fingerprint density at radius 3 is 2.37 bits per heavy atom. The highest BCUT2D eigenvalue weighted by Crippen LogP contribution is 2.26. The molecule has 0 aliphatic heterocycles. The minimum absolute atomic E-state index is 0.0410. The van der Waals surface area contributed by atoms with Gasteiger partial charge in [-0.05, 0) is 12.1 Å². The van der Waals surface area contributed by atoms with Crippen LogP contribution < -0.4 is 15.2 Å². The van der Waals surface area contributed by atoms with Crippen LogP contribution in [0.3, 0.4) is 0 Å². The molecule has 98 valence electrons. The number of nitrogens with one attached hydrogen (secondary N) is 1. The van der Waals surface area contributed by atoms with E-state index in [1.165, 1.54) is 0 Å². The van der Waals surface area contributed by atoms with E-state index in [4.69, 9.17) is 20.6 Å². The summed E-state index contributed by atoms with van der Waals surface area (Å²) in [5.41, 5.74) is 7.11. The third-order valence-corrected chi connectivity index (χ3v) is 2.76. The van der Waals surface area contributed by atoms with Gasteiger partial charge in [-0.15, -0.1) is 0 Å². The Morgan fingerprint density at radius 2 is 1.68 bits per heavy atom. The van der Waals surface area contributed by atoms with Crippen LogP contribution in [-0.4, -0.2) is 12.9 Å². The molecule has 0 aliphatic carbocycles. The first-order valence-electron chi connectivity index (χ1n) is 5.90. The molecular weight excluding hydrogens is 240 g/mol. The van der Waals surface area contributed by atoms with Crippen molar-refractivity contribution in [3.63, 3.8) is 0 Å². The number of nitrogens with two attached hydrogens (primary N) is 1. The van der Waals surface area contributed by atoms with Crippen LogP contribution in [0.2, 0.25) is 0 Å². The quantitative estimate of drug-likeness (QED) is 0.638. The number of methoxy groups -OCH3 is 1. The van der Waals surface area contributed by atoms with Crippen molar-refractivity contribution in [3.05, 3.63) is 59.7 Å². The normalized spacial score (nSPS) is 9.95. The van der Waals surface area contributed by atoms with Crippen molar-refractivity contribution in [3.8, 4) is 11.5 Å². The molecule has 0 unspecified atom stereocenters. The van der Waals surface area contributed by atoms with Crippen LogP contribution in [0.15, 0.2) is 48.5 Å². The minimum Gasteiger partial charge on any atom is -0.493 e. The lowest BCUT2D eigenvalue weighted by atomic mass is 10.1. The van der Waals surface area contributed by atoms with E-state index >= 15 is 0 Å². The average Bonchev–Trinajstić information content (AvgIpc) is 2.45. The fraction of sp³-hybridized carbons (Fsp3) is 0.133. The second-order valence-electron chi connectivity index (χ2n) is 4.01. The number of amidine groups is 1. The lowest BCUT2D eigenvalue weighted by molar-refractivity contribution is 0.284. The SMILES string of the molecule is COc1ccccc1OCc1ccccc1C(=N)N. The molecule has 0 heterocycles. The molecule has 0 bridgehead atoms. The van der Waals surface area contributed by atoms with Crippen molar-refractivity contribution in [2.45, 2.75) is 6.61 Å². The Labute approximate surface area is 112 Å². The van der Waals surface area contributed by atoms with Crippen molar-refractivity contribution in [1.82, 2.24) is 0 Å². The molecule has 0 saturated carbocycles. The number of hydrogen-bond acceptors (Lipinski definition) is 3. The summed E-state index contributed by atoms with van der Waals surface area (Å²) in [5, 5.41) is 7.54. The highest BCUT2D eigenvalue weighted by molar-refractivity contribution is 5.96. The molecule has 2 rings (SSSR count). The van der Waals surface area contributed by atoms with Crippen molar-refractivity contribution >= 4 is 5.84 Å². The van der Waals surface area contributed by atoms with E-state index in [0.29, 0.717) is 23.7 Å². The van der Waals surface area contributed by atoms with Crippen LogP contribution in [0, 0.1) is 5.41 Å². The highest BCUT2D eigenvalue weighted by atomic mass is 16.5. The molecule has 0 saturated heterocycles. The zero-order chi connectivity index (χ0) is 13.7. The van der Waals surface area contributed by atoms with Gasteiger partial charge in [0, 0.05) is 11.1 Å². The third-order valence-electron chi connectivity index (χ3n) is 2.76. The lowest BCUT2D eigenvalue weighted by Crippen LogP contribution is -2.14. The van der Waals surface area contributed by atoms with Gasteiger partial charge in [0.05, 0.1) is 7.11 Å². The van der Waals surface area contributed by atoms with Crippen LogP contribution in [-0.2, 0) is 6.61 Å². The molecule has 4 nitrogen and oxygen atoms in total. The molecule has 2 aromatic rings. The Morgan fingerprint density at radius 1 is 1.05 bits per heavy atom. The lowest BCUT2D eigenvalue weighted by Gasteiger charge is -2.12. The molecule has 4 heteroatoms. The van der Waals surface area contributed by atoms with Crippen molar-refractivity contribution in [2.75, 3.05) is 7.11 Å². The number of ether oxygens (including phenoxy) is 2. The molecule has 0 spiro atoms. The van der Waals surface area contributed by atoms with Crippen LogP contribution in [0.1, 0.15) is 11.1 Å². The zero-order valence-corrected chi connectivity index (χ0v) is 10.7. The van der Waals surface area contributed by atoms with Gasteiger partial charge < -0.3 is 15.2 Å². The maximum atomic E-state index is 7.54. The van der Waals surface area contributed by atoms with E-state index < -0.39 is 0 Å². The monoisotopic (exact) mass is 256 g/mol. The molecule has 2 aromatic carbocycles. The summed E-state index contributed by atoms with van der Waals surface area (Å²) in [5.74, 6) is 1.39. The Balaban J connectivity index is 2.17. The summed E-state index contributed by atoms with van der Waals surface area (Å²) in [7, 11) is 1.60. The summed E-state index contributed by atoms with van der Waals surface area (Å²) in [6, 6.07) is 14.9. The van der Waals surface area contributed by atoms with E-state index in [9.17, 15) is 0 Å². The standard InChI is InChI=1S/C15H16N2O2/c1-18-13-8-4-5-9-14(13)19-10-11-6-2-3-7-12(11)15(16)17/h2-9H,10H2,1H3,(H3,16,17). The Bertz CT molecular complexity index is 582. The molecule has 19 heavy (non-hydrogen) atoms. The molecule has 0 fully saturated rings. The van der Waals surface area contributed by atoms with Gasteiger partial charge in [0.25, 0.3) is 0 Å². The van der Waals surface area contributed by atoms with Crippen molar-refractivity contribution in [1.29, 1.82) is 5.41 Å². The molecule has 0 atom stereocenters. The molecule has 3 N–H and O–H groups in total. The number of para-hydroxylation sites is 2. The second kappa shape index (κ2) is 5.91. The van der Waals surface area contributed by atoms with E-state index in [0.717, 1.165) is 5.56 Å². The molecule has 0 aromatic heterocycles. The number of rotatable bonds is 5. The molecule has 0 amide bonds. The van der Waals surface area contributed by atoms with Gasteiger partial charge in [0.2, 0.25) is 0 Å². The van der Waals surface area contributed by atoms with E-state index in [1.807, 2.05) is 48.5 Å². The summed E-state index contributed by atoms with van der Waals surface area (Å²) in [4.78, 5) is 0. The summed E-state index contributed by atoms with van der Waals surface area (Å²) in [6.45, 7) is 0.343. The van der Waals surface area contributed by atoms with E-state index in [-0.39, 0.29) is 5.84 Å². The zero-order valence-electron chi connectivity index (χ0n) is 10.7. The summed E-state index contributed by atoms with van der Waals surface area (Å²) in [6.07, 6.45) is 0. The highest BCUT2D eigenvalue weighted by Gasteiger charge is 2.07. The van der Waals surface area contributed by atoms with Gasteiger partial charge in [-0.25, -0.2) is 0 Å². The summed E-state index contributed by atoms with van der Waals surface area (Å²) >= 11 is 0. The van der Waals surface area contributed by atoms with Gasteiger partial charge in [-0.1, -0.05) is 36.4 Å². The number of nitrogen functional groups attached to an aromatic ring is 1. The van der Waals surface area contributed by atoms with E-state index in [2.05, 4.69) is 0 Å². The molecule has 0 aliphatic rings. The molecular formula is C15H16N2O2. The van der Waals surface area contributed by atoms with Gasteiger partial charge in [0.15, 0.2) is 11.5 Å². The van der Waals surface area contributed by atoms with Crippen molar-refractivity contribution in [2.24, 2.45) is 5.73 Å². The predicted molar refractivity (Wildman–Crippen MR) is 74.8 cm³/mol. The van der Waals surface area contributed by atoms with Crippen molar-refractivity contribution < 1.29 is 9.47 Å². The first-order valence-corrected chi connectivity index (χ1v) is 5.90. The van der Waals surface area contributed by atoms with Gasteiger partial charge in [0.1, 0.15) is 12.4 Å². The number of hydrogen-bond donors (Lipinski definition) is 2. The maximum absolute atomic E-state index is 7.54. The first kappa shape index (κ1) is 13.0. The largest absolute Gasteiger partial charge is 0.493 e. The third kappa shape index (κ3) is 3.04. The van der Waals surface area contributed by atoms with Crippen LogP contribution in [0.25, 0.3) is 0 Å². The fourth-order valence-electron chi connectivity index (χ4n) is 1.80. The second-order valence-corrected chi connectivity index (χ2v) is 4.01. The first-order chi connectivity index (χ1) is 9.22. The van der Waals surface area contributed by atoms with Crippen LogP contribution in [0.4, 0.5) is 0 Å². The summed E-state index contributed by atoms with van der Waals surface area (Å²) < 4.78 is 10.9. The van der Waals surface area contributed by atoms with Gasteiger partial charge in [-0.3, -0.25) is 5.41 Å². The topological polar surface area (TPSA) is 68.3 Å². The fourth-order valence-corrected chi connectivity index (χ4v) is 1.80. The van der Waals surface area contributed by atoms with Crippen LogP contribution >= 0.6 is 0 Å².